The van der Waals surface area contributed by atoms with Crippen LogP contribution < -0.4 is 4.90 Å². The molecule has 1 aromatic heterocycles. The van der Waals surface area contributed by atoms with Gasteiger partial charge < -0.3 is 9.32 Å². The summed E-state index contributed by atoms with van der Waals surface area (Å²) in [6, 6.07) is 90.8. The van der Waals surface area contributed by atoms with Gasteiger partial charge in [0.05, 0.1) is 11.1 Å². The minimum Gasteiger partial charge on any atom is -0.455 e. The fourth-order valence-corrected chi connectivity index (χ4v) is 10.8. The van der Waals surface area contributed by atoms with Gasteiger partial charge in [-0.2, -0.15) is 0 Å². The maximum atomic E-state index is 7.00. The molecule has 0 aliphatic heterocycles. The lowest BCUT2D eigenvalue weighted by Crippen LogP contribution is -2.28. The van der Waals surface area contributed by atoms with Crippen LogP contribution in [-0.4, -0.2) is 0 Å². The highest BCUT2D eigenvalue weighted by atomic mass is 16.3. The van der Waals surface area contributed by atoms with Crippen LogP contribution >= 0.6 is 0 Å². The van der Waals surface area contributed by atoms with Crippen molar-refractivity contribution in [2.24, 2.45) is 0 Å². The van der Waals surface area contributed by atoms with Crippen LogP contribution in [0.2, 0.25) is 0 Å². The van der Waals surface area contributed by atoms with Crippen LogP contribution in [-0.2, 0) is 5.41 Å². The first kappa shape index (κ1) is 37.1. The molecular formula is C63H41NO. The molecule has 1 heterocycles. The monoisotopic (exact) mass is 827 g/mol. The first-order chi connectivity index (χ1) is 32.2. The molecule has 0 saturated carbocycles. The summed E-state index contributed by atoms with van der Waals surface area (Å²) < 4.78 is 7.00. The zero-order valence-corrected chi connectivity index (χ0v) is 35.5. The maximum absolute atomic E-state index is 7.00. The third kappa shape index (κ3) is 5.74. The van der Waals surface area contributed by atoms with E-state index in [4.69, 9.17) is 4.42 Å². The molecule has 1 aliphatic carbocycles. The fraction of sp³-hybridized carbons (Fsp3) is 0.0159. The van der Waals surface area contributed by atoms with Crippen LogP contribution in [0.1, 0.15) is 22.3 Å². The highest BCUT2D eigenvalue weighted by molar-refractivity contribution is 6.17. The molecule has 0 radical (unpaired) electrons. The molecule has 13 rings (SSSR count). The van der Waals surface area contributed by atoms with E-state index in [1.54, 1.807) is 0 Å². The van der Waals surface area contributed by atoms with E-state index in [1.165, 1.54) is 60.7 Å². The van der Waals surface area contributed by atoms with Gasteiger partial charge in [-0.25, -0.2) is 0 Å². The molecule has 0 spiro atoms. The number of hydrogen-bond donors (Lipinski definition) is 0. The number of rotatable bonds is 7. The molecule has 2 heteroatoms. The molecule has 0 fully saturated rings. The number of nitrogens with zero attached hydrogens (tertiary/aromatic N) is 1. The summed E-state index contributed by atoms with van der Waals surface area (Å²) in [6.45, 7) is 0. The van der Waals surface area contributed by atoms with Crippen LogP contribution in [0.3, 0.4) is 0 Å². The molecule has 12 aromatic rings. The summed E-state index contributed by atoms with van der Waals surface area (Å²) in [5.41, 5.74) is 16.5. The van der Waals surface area contributed by atoms with Gasteiger partial charge in [-0.15, -0.1) is 0 Å². The number of fused-ring (bicyclic) bond motifs is 9. The summed E-state index contributed by atoms with van der Waals surface area (Å²) in [4.78, 5) is 2.44. The Morgan fingerprint density at radius 2 is 0.877 bits per heavy atom. The van der Waals surface area contributed by atoms with E-state index < -0.39 is 5.41 Å². The van der Waals surface area contributed by atoms with Crippen LogP contribution in [0.15, 0.2) is 253 Å². The van der Waals surface area contributed by atoms with Gasteiger partial charge in [0.15, 0.2) is 0 Å². The van der Waals surface area contributed by atoms with E-state index in [2.05, 4.69) is 254 Å². The summed E-state index contributed by atoms with van der Waals surface area (Å²) in [6.07, 6.45) is 0. The van der Waals surface area contributed by atoms with Gasteiger partial charge >= 0.3 is 0 Å². The molecule has 0 atom stereocenters. The fourth-order valence-electron chi connectivity index (χ4n) is 10.8. The third-order valence-electron chi connectivity index (χ3n) is 13.7. The van der Waals surface area contributed by atoms with E-state index >= 15 is 0 Å². The van der Waals surface area contributed by atoms with Gasteiger partial charge in [0.25, 0.3) is 0 Å². The summed E-state index contributed by atoms with van der Waals surface area (Å²) in [5.74, 6) is 0. The van der Waals surface area contributed by atoms with Gasteiger partial charge in [-0.3, -0.25) is 0 Å². The number of benzene rings is 11. The molecule has 11 aromatic carbocycles. The number of hydrogen-bond acceptors (Lipinski definition) is 2. The summed E-state index contributed by atoms with van der Waals surface area (Å²) >= 11 is 0. The van der Waals surface area contributed by atoms with Crippen LogP contribution in [0.25, 0.3) is 76.9 Å². The van der Waals surface area contributed by atoms with Gasteiger partial charge in [0, 0.05) is 38.7 Å². The van der Waals surface area contributed by atoms with Crippen molar-refractivity contribution in [3.63, 3.8) is 0 Å². The Kier molecular flexibility index (Phi) is 8.47. The minimum atomic E-state index is -0.543. The molecule has 0 saturated heterocycles. The Labute approximate surface area is 377 Å². The van der Waals surface area contributed by atoms with Gasteiger partial charge in [-0.05, 0) is 103 Å². The predicted molar refractivity (Wildman–Crippen MR) is 272 cm³/mol. The molecule has 304 valence electrons. The molecule has 1 aliphatic rings. The van der Waals surface area contributed by atoms with Crippen molar-refractivity contribution in [3.8, 4) is 33.4 Å². The van der Waals surface area contributed by atoms with Crippen molar-refractivity contribution >= 4 is 60.5 Å². The van der Waals surface area contributed by atoms with Crippen molar-refractivity contribution < 1.29 is 4.42 Å². The summed E-state index contributed by atoms with van der Waals surface area (Å²) in [7, 11) is 0. The van der Waals surface area contributed by atoms with E-state index in [0.29, 0.717) is 0 Å². The Morgan fingerprint density at radius 1 is 0.308 bits per heavy atom. The van der Waals surface area contributed by atoms with Crippen molar-refractivity contribution in [3.05, 3.63) is 271 Å². The largest absolute Gasteiger partial charge is 0.455 e. The second-order valence-electron chi connectivity index (χ2n) is 17.2. The average molecular weight is 828 g/mol. The Bertz CT molecular complexity index is 3730. The lowest BCUT2D eigenvalue weighted by molar-refractivity contribution is 0.674. The molecule has 2 nitrogen and oxygen atoms in total. The quantitative estimate of drug-likeness (QED) is 0.159. The standard InChI is InChI=1S/C63H41NO/c1-3-19-47(20-4-1)63(48-21-5-2-6-22-48)58-28-13-11-24-52(58)53-39-37-50(41-59(53)63)64(49-35-32-43(33-36-49)46-31-30-42-16-7-8-18-45(42)40-46)60-29-14-12-25-54(60)55-26-15-27-56-57-38-34-44-17-9-10-23-51(44)61(57)65-62(55)56/h1-41H. The molecule has 0 bridgehead atoms. The van der Waals surface area contributed by atoms with E-state index in [0.717, 1.165) is 55.5 Å². The Hall–Kier alpha value is -8.46. The van der Waals surface area contributed by atoms with Crippen molar-refractivity contribution in [1.29, 1.82) is 0 Å². The number of furan rings is 1. The van der Waals surface area contributed by atoms with Crippen molar-refractivity contribution in [2.75, 3.05) is 4.90 Å². The lowest BCUT2D eigenvalue weighted by Gasteiger charge is -2.35. The smallest absolute Gasteiger partial charge is 0.143 e. The Balaban J connectivity index is 1.05. The molecule has 65 heavy (non-hydrogen) atoms. The average Bonchev–Trinajstić information content (AvgIpc) is 3.92. The van der Waals surface area contributed by atoms with Crippen LogP contribution in [0.4, 0.5) is 17.1 Å². The number of anilines is 3. The van der Waals surface area contributed by atoms with Gasteiger partial charge in [0.1, 0.15) is 11.2 Å². The first-order valence-electron chi connectivity index (χ1n) is 22.4. The second kappa shape index (κ2) is 14.8. The third-order valence-corrected chi connectivity index (χ3v) is 13.7. The van der Waals surface area contributed by atoms with Crippen molar-refractivity contribution in [1.82, 2.24) is 0 Å². The zero-order valence-electron chi connectivity index (χ0n) is 35.5. The molecule has 0 amide bonds. The SMILES string of the molecule is c1ccc(C2(c3ccccc3)c3ccccc3-c3ccc(N(c4ccc(-c5ccc6ccccc6c5)cc4)c4ccccc4-c4cccc5c4oc4c6ccccc6ccc54)cc32)cc1. The first-order valence-corrected chi connectivity index (χ1v) is 22.4. The van der Waals surface area contributed by atoms with Crippen molar-refractivity contribution in [2.45, 2.75) is 5.41 Å². The van der Waals surface area contributed by atoms with E-state index in [-0.39, 0.29) is 0 Å². The Morgan fingerprint density at radius 3 is 1.68 bits per heavy atom. The van der Waals surface area contributed by atoms with Gasteiger partial charge in [-0.1, -0.05) is 206 Å². The normalized spacial score (nSPS) is 12.7. The lowest BCUT2D eigenvalue weighted by atomic mass is 9.67. The van der Waals surface area contributed by atoms with Gasteiger partial charge in [0.2, 0.25) is 0 Å². The molecule has 0 unspecified atom stereocenters. The topological polar surface area (TPSA) is 16.4 Å². The summed E-state index contributed by atoms with van der Waals surface area (Å²) in [5, 5.41) is 6.99. The zero-order chi connectivity index (χ0) is 42.9. The van der Waals surface area contributed by atoms with E-state index in [1.807, 2.05) is 0 Å². The maximum Gasteiger partial charge on any atom is 0.143 e. The second-order valence-corrected chi connectivity index (χ2v) is 17.2. The van der Waals surface area contributed by atoms with Crippen LogP contribution in [0.5, 0.6) is 0 Å². The predicted octanol–water partition coefficient (Wildman–Crippen LogP) is 17.1. The van der Waals surface area contributed by atoms with E-state index in [9.17, 15) is 0 Å². The number of para-hydroxylation sites is 2. The molecule has 0 N–H and O–H groups in total. The van der Waals surface area contributed by atoms with Crippen LogP contribution in [0, 0.1) is 0 Å². The molecular weight excluding hydrogens is 787 g/mol. The highest BCUT2D eigenvalue weighted by Gasteiger charge is 2.46. The minimum absolute atomic E-state index is 0.543. The highest BCUT2D eigenvalue weighted by Crippen LogP contribution is 2.57.